The van der Waals surface area contributed by atoms with Crippen LogP contribution in [0.25, 0.3) is 22.0 Å². The van der Waals surface area contributed by atoms with Gasteiger partial charge in [0.2, 0.25) is 0 Å². The average molecular weight is 404 g/mol. The Hall–Kier alpha value is -2.39. The number of nitrogens with zero attached hydrogens (tertiary/aromatic N) is 1. The van der Waals surface area contributed by atoms with Crippen LogP contribution in [0.2, 0.25) is 0 Å². The molecule has 0 unspecified atom stereocenters. The van der Waals surface area contributed by atoms with E-state index in [1.165, 1.54) is 16.4 Å². The van der Waals surface area contributed by atoms with Crippen molar-refractivity contribution in [3.05, 3.63) is 54.0 Å². The van der Waals surface area contributed by atoms with Crippen molar-refractivity contribution in [3.63, 3.8) is 0 Å². The summed E-state index contributed by atoms with van der Waals surface area (Å²) in [5.74, 6) is -0.665. The van der Waals surface area contributed by atoms with Crippen molar-refractivity contribution >= 4 is 27.6 Å². The molecule has 2 heterocycles. The first kappa shape index (κ1) is 18.9. The van der Waals surface area contributed by atoms with E-state index in [-0.39, 0.29) is 24.8 Å². The fraction of sp³-hybridized carbons (Fsp3) is 0.250. The van der Waals surface area contributed by atoms with Gasteiger partial charge in [0.1, 0.15) is 5.82 Å². The third kappa shape index (κ3) is 3.29. The topological polar surface area (TPSA) is 85.8 Å². The Labute approximate surface area is 163 Å². The summed E-state index contributed by atoms with van der Waals surface area (Å²) in [6, 6.07) is 10.0. The fourth-order valence-electron chi connectivity index (χ4n) is 3.55. The number of carbonyl (C=O) groups excluding carboxylic acids is 1. The molecule has 1 aliphatic rings. The maximum atomic E-state index is 13.4. The predicted molar refractivity (Wildman–Crippen MR) is 106 cm³/mol. The maximum absolute atomic E-state index is 13.4. The van der Waals surface area contributed by atoms with Crippen molar-refractivity contribution in [1.29, 1.82) is 0 Å². The van der Waals surface area contributed by atoms with Crippen LogP contribution in [0.1, 0.15) is 18.9 Å². The van der Waals surface area contributed by atoms with E-state index in [0.717, 1.165) is 22.1 Å². The zero-order valence-corrected chi connectivity index (χ0v) is 16.1. The van der Waals surface area contributed by atoms with Gasteiger partial charge in [-0.1, -0.05) is 6.07 Å². The molecule has 1 aliphatic heterocycles. The predicted octanol–water partition coefficient (Wildman–Crippen LogP) is 4.77. The molecule has 4 rings (SSSR count). The van der Waals surface area contributed by atoms with E-state index in [9.17, 15) is 18.3 Å². The number of aromatic nitrogens is 1. The molecule has 0 radical (unpaired) electrons. The number of rotatable bonds is 5. The summed E-state index contributed by atoms with van der Waals surface area (Å²) < 4.78 is 41.1. The molecule has 3 N–H and O–H groups in total. The summed E-state index contributed by atoms with van der Waals surface area (Å²) in [5.41, 5.74) is 3.33. The number of aromatic amines is 1. The number of hydrogen-bond donors (Lipinski definition) is 3. The van der Waals surface area contributed by atoms with Crippen LogP contribution < -0.4 is 0 Å². The van der Waals surface area contributed by atoms with Crippen molar-refractivity contribution in [3.8, 4) is 11.1 Å². The van der Waals surface area contributed by atoms with E-state index in [1.807, 2.05) is 18.3 Å². The van der Waals surface area contributed by atoms with Gasteiger partial charge in [-0.05, 0) is 48.4 Å². The molecule has 8 heteroatoms. The highest BCUT2D eigenvalue weighted by Crippen LogP contribution is 2.59. The maximum Gasteiger partial charge on any atom is 0.307 e. The number of ether oxygens (including phenoxy) is 1. The second kappa shape index (κ2) is 7.21. The summed E-state index contributed by atoms with van der Waals surface area (Å²) in [6.07, 6.45) is 1.91. The van der Waals surface area contributed by atoms with Gasteiger partial charge in [0.05, 0.1) is 17.9 Å². The van der Waals surface area contributed by atoms with Crippen LogP contribution in [0.3, 0.4) is 0 Å². The fourth-order valence-corrected chi connectivity index (χ4v) is 5.22. The molecule has 148 valence electrons. The second-order valence-corrected chi connectivity index (χ2v) is 8.65. The van der Waals surface area contributed by atoms with Crippen molar-refractivity contribution in [1.82, 2.24) is 9.29 Å². The highest BCUT2D eigenvalue weighted by Gasteiger charge is 2.35. The Balaban J connectivity index is 1.62. The quantitative estimate of drug-likeness (QED) is 0.534. The zero-order valence-electron chi connectivity index (χ0n) is 15.3. The van der Waals surface area contributed by atoms with Crippen LogP contribution in [0.4, 0.5) is 4.39 Å². The Morgan fingerprint density at radius 2 is 2.11 bits per heavy atom. The first-order valence-corrected chi connectivity index (χ1v) is 10.5. The number of esters is 1. The van der Waals surface area contributed by atoms with E-state index in [4.69, 9.17) is 4.74 Å². The van der Waals surface area contributed by atoms with Gasteiger partial charge in [0, 0.05) is 35.8 Å². The average Bonchev–Trinajstić information content (AvgIpc) is 3.18. The molecule has 0 saturated heterocycles. The van der Waals surface area contributed by atoms with Crippen LogP contribution in [0.15, 0.2) is 47.5 Å². The molecular formula is C20H21FN2O4S. The Morgan fingerprint density at radius 1 is 1.29 bits per heavy atom. The highest BCUT2D eigenvalue weighted by molar-refractivity contribution is 8.22. The van der Waals surface area contributed by atoms with Crippen molar-refractivity contribution in [2.45, 2.75) is 24.8 Å². The number of H-pyrrole nitrogens is 1. The molecule has 0 amide bonds. The van der Waals surface area contributed by atoms with E-state index in [1.54, 1.807) is 19.1 Å². The lowest BCUT2D eigenvalue weighted by molar-refractivity contribution is -0.143. The largest absolute Gasteiger partial charge is 0.466 e. The number of nitrogens with one attached hydrogen (secondary N) is 1. The van der Waals surface area contributed by atoms with Gasteiger partial charge in [-0.2, -0.15) is 4.31 Å². The first-order chi connectivity index (χ1) is 13.4. The van der Waals surface area contributed by atoms with E-state index >= 15 is 0 Å². The Kier molecular flexibility index (Phi) is 4.88. The molecule has 1 aromatic heterocycles. The Bertz CT molecular complexity index is 1050. The molecule has 28 heavy (non-hydrogen) atoms. The molecule has 3 aromatic rings. The van der Waals surface area contributed by atoms with E-state index in [2.05, 4.69) is 4.98 Å². The summed E-state index contributed by atoms with van der Waals surface area (Å²) in [6.45, 7) is 2.57. The van der Waals surface area contributed by atoms with Gasteiger partial charge in [0.15, 0.2) is 0 Å². The lowest BCUT2D eigenvalue weighted by atomic mass is 10.0. The summed E-state index contributed by atoms with van der Waals surface area (Å²) >= 11 is 0. The van der Waals surface area contributed by atoms with Gasteiger partial charge in [-0.25, -0.2) is 4.39 Å². The molecule has 0 aliphatic carbocycles. The summed E-state index contributed by atoms with van der Waals surface area (Å²) in [4.78, 5) is 15.2. The second-order valence-electron chi connectivity index (χ2n) is 6.65. The number of benzene rings is 2. The highest BCUT2D eigenvalue weighted by atomic mass is 32.3. The van der Waals surface area contributed by atoms with Crippen LogP contribution in [0, 0.1) is 5.82 Å². The van der Waals surface area contributed by atoms with Gasteiger partial charge in [-0.3, -0.25) is 13.9 Å². The molecule has 6 nitrogen and oxygen atoms in total. The zero-order chi connectivity index (χ0) is 19.9. The molecule has 2 aromatic carbocycles. The monoisotopic (exact) mass is 404 g/mol. The van der Waals surface area contributed by atoms with Crippen LogP contribution in [0.5, 0.6) is 0 Å². The normalized spacial score (nSPS) is 16.9. The SMILES string of the molecule is CCOC(=O)CCN1Cc2cc(-c3c[nH]c4cc(F)ccc34)ccc2S1(O)O. The molecule has 0 atom stereocenters. The van der Waals surface area contributed by atoms with Crippen LogP contribution in [-0.4, -0.2) is 37.5 Å². The molecule has 0 saturated carbocycles. The van der Waals surface area contributed by atoms with Gasteiger partial charge < -0.3 is 9.72 Å². The Morgan fingerprint density at radius 3 is 2.89 bits per heavy atom. The van der Waals surface area contributed by atoms with E-state index < -0.39 is 10.8 Å². The van der Waals surface area contributed by atoms with Crippen molar-refractivity contribution in [2.75, 3.05) is 13.2 Å². The molecule has 0 spiro atoms. The smallest absolute Gasteiger partial charge is 0.307 e. The van der Waals surface area contributed by atoms with Gasteiger partial charge in [-0.15, -0.1) is 10.8 Å². The minimum atomic E-state index is -3.12. The molecular weight excluding hydrogens is 383 g/mol. The van der Waals surface area contributed by atoms with Gasteiger partial charge >= 0.3 is 5.97 Å². The number of fused-ring (bicyclic) bond motifs is 2. The lowest BCUT2D eigenvalue weighted by Gasteiger charge is -2.37. The lowest BCUT2D eigenvalue weighted by Crippen LogP contribution is -2.25. The number of halogens is 1. The first-order valence-electron chi connectivity index (χ1n) is 8.99. The summed E-state index contributed by atoms with van der Waals surface area (Å²) in [5, 5.41) is 0.894. The summed E-state index contributed by atoms with van der Waals surface area (Å²) in [7, 11) is -3.12. The van der Waals surface area contributed by atoms with Crippen LogP contribution >= 0.6 is 10.8 Å². The van der Waals surface area contributed by atoms with Gasteiger partial charge in [0.25, 0.3) is 0 Å². The van der Waals surface area contributed by atoms with Crippen molar-refractivity contribution in [2.24, 2.45) is 0 Å². The van der Waals surface area contributed by atoms with E-state index in [0.29, 0.717) is 23.6 Å². The van der Waals surface area contributed by atoms with Crippen molar-refractivity contribution < 1.29 is 23.0 Å². The minimum Gasteiger partial charge on any atom is -0.466 e. The van der Waals surface area contributed by atoms with Crippen LogP contribution in [-0.2, 0) is 16.1 Å². The third-order valence-electron chi connectivity index (χ3n) is 4.89. The standard InChI is InChI=1S/C20H21FN2O4S/c1-2-27-20(24)7-8-23-12-14-9-13(3-6-19(14)28(23,25)26)17-11-22-18-10-15(21)4-5-16(17)18/h3-6,9-11,22,25-26H,2,7-8,12H2,1H3. The number of carbonyl (C=O) groups is 1. The minimum absolute atomic E-state index is 0.0958. The third-order valence-corrected chi connectivity index (χ3v) is 6.91. The molecule has 0 bridgehead atoms. The molecule has 0 fully saturated rings. The number of hydrogen-bond acceptors (Lipinski definition) is 5.